The molecule has 1 N–H and O–H groups in total. The molecule has 1 saturated carbocycles. The van der Waals surface area contributed by atoms with Crippen LogP contribution >= 0.6 is 0 Å². The molecule has 1 aliphatic rings. The molecule has 4 rings (SSSR count). The van der Waals surface area contributed by atoms with Gasteiger partial charge in [-0.1, -0.05) is 80.8 Å². The molecule has 0 unspecified atom stereocenters. The first-order valence-corrected chi connectivity index (χ1v) is 16.4. The topological polar surface area (TPSA) is 86.8 Å². The van der Waals surface area contributed by atoms with Gasteiger partial charge in [0.25, 0.3) is 10.0 Å². The van der Waals surface area contributed by atoms with E-state index in [0.717, 1.165) is 47.9 Å². The van der Waals surface area contributed by atoms with Crippen LogP contribution in [0, 0.1) is 20.8 Å². The van der Waals surface area contributed by atoms with Gasteiger partial charge in [-0.05, 0) is 80.5 Å². The van der Waals surface area contributed by atoms with Crippen molar-refractivity contribution < 1.29 is 18.0 Å². The van der Waals surface area contributed by atoms with Crippen LogP contribution in [-0.2, 0) is 26.2 Å². The van der Waals surface area contributed by atoms with Crippen LogP contribution < -0.4 is 9.62 Å². The van der Waals surface area contributed by atoms with Crippen molar-refractivity contribution in [3.05, 3.63) is 95.1 Å². The molecule has 3 aromatic rings. The molecule has 0 aromatic heterocycles. The number of carbonyl (C=O) groups is 2. The maximum Gasteiger partial charge on any atom is 0.264 e. The van der Waals surface area contributed by atoms with Crippen molar-refractivity contribution in [1.29, 1.82) is 0 Å². The van der Waals surface area contributed by atoms with Crippen LogP contribution in [0.1, 0.15) is 67.7 Å². The highest BCUT2D eigenvalue weighted by atomic mass is 32.2. The molecule has 0 bridgehead atoms. The minimum atomic E-state index is -4.09. The van der Waals surface area contributed by atoms with Gasteiger partial charge in [0.2, 0.25) is 11.8 Å². The van der Waals surface area contributed by atoms with E-state index in [9.17, 15) is 18.0 Å². The number of hydrogen-bond donors (Lipinski definition) is 1. The van der Waals surface area contributed by atoms with E-state index in [1.54, 1.807) is 35.2 Å². The molecule has 1 atom stereocenters. The molecule has 0 radical (unpaired) electrons. The maximum atomic E-state index is 14.4. The van der Waals surface area contributed by atoms with Crippen LogP contribution in [-0.4, -0.2) is 43.8 Å². The number of benzene rings is 3. The second-order valence-electron chi connectivity index (χ2n) is 11.3. The molecule has 42 heavy (non-hydrogen) atoms. The van der Waals surface area contributed by atoms with Crippen molar-refractivity contribution in [2.45, 2.75) is 89.7 Å². The third-order valence-corrected chi connectivity index (χ3v) is 10.2. The zero-order chi connectivity index (χ0) is 30.3. The quantitative estimate of drug-likeness (QED) is 0.294. The van der Waals surface area contributed by atoms with Crippen molar-refractivity contribution in [2.75, 3.05) is 10.8 Å². The molecule has 0 heterocycles. The van der Waals surface area contributed by atoms with E-state index < -0.39 is 28.5 Å². The summed E-state index contributed by atoms with van der Waals surface area (Å²) in [6.45, 7) is 7.42. The van der Waals surface area contributed by atoms with Gasteiger partial charge in [-0.25, -0.2) is 8.42 Å². The number of nitrogens with zero attached hydrogens (tertiary/aromatic N) is 2. The highest BCUT2D eigenvalue weighted by molar-refractivity contribution is 7.92. The highest BCUT2D eigenvalue weighted by Crippen LogP contribution is 2.29. The zero-order valence-corrected chi connectivity index (χ0v) is 26.0. The van der Waals surface area contributed by atoms with E-state index in [2.05, 4.69) is 5.32 Å². The Bertz CT molecular complexity index is 1480. The third kappa shape index (κ3) is 7.21. The third-order valence-electron chi connectivity index (χ3n) is 8.39. The van der Waals surface area contributed by atoms with Gasteiger partial charge >= 0.3 is 0 Å². The monoisotopic (exact) mass is 589 g/mol. The molecule has 2 amide bonds. The SMILES string of the molecule is CC[C@@H](C(=O)NC1CCCCC1)N(Cc1ccccc1C)C(=O)CN(c1cccc(C)c1C)S(=O)(=O)c1ccccc1. The predicted octanol–water partition coefficient (Wildman–Crippen LogP) is 6.06. The summed E-state index contributed by atoms with van der Waals surface area (Å²) in [5.74, 6) is -0.611. The summed E-state index contributed by atoms with van der Waals surface area (Å²) in [4.78, 5) is 29.7. The Balaban J connectivity index is 1.74. The number of anilines is 1. The molecule has 7 nitrogen and oxygen atoms in total. The fraction of sp³-hybridized carbons (Fsp3) is 0.412. The second kappa shape index (κ2) is 14.0. The summed E-state index contributed by atoms with van der Waals surface area (Å²) in [6.07, 6.45) is 5.61. The zero-order valence-electron chi connectivity index (χ0n) is 25.2. The molecule has 0 spiro atoms. The summed E-state index contributed by atoms with van der Waals surface area (Å²) < 4.78 is 29.4. The van der Waals surface area contributed by atoms with Crippen LogP contribution in [0.25, 0.3) is 0 Å². The molecule has 3 aromatic carbocycles. The lowest BCUT2D eigenvalue weighted by molar-refractivity contribution is -0.140. The molecule has 1 aliphatic carbocycles. The van der Waals surface area contributed by atoms with E-state index >= 15 is 0 Å². The number of nitrogens with one attached hydrogen (secondary N) is 1. The first-order valence-electron chi connectivity index (χ1n) is 14.9. The van der Waals surface area contributed by atoms with Crippen LogP contribution in [0.15, 0.2) is 77.7 Å². The normalized spacial score (nSPS) is 14.7. The smallest absolute Gasteiger partial charge is 0.264 e. The summed E-state index contributed by atoms with van der Waals surface area (Å²) >= 11 is 0. The Hall–Kier alpha value is -3.65. The fourth-order valence-corrected chi connectivity index (χ4v) is 7.17. The van der Waals surface area contributed by atoms with Gasteiger partial charge in [-0.15, -0.1) is 0 Å². The largest absolute Gasteiger partial charge is 0.352 e. The summed E-state index contributed by atoms with van der Waals surface area (Å²) in [5.41, 5.74) is 4.06. The van der Waals surface area contributed by atoms with Gasteiger partial charge < -0.3 is 10.2 Å². The van der Waals surface area contributed by atoms with Crippen molar-refractivity contribution >= 4 is 27.5 Å². The fourth-order valence-electron chi connectivity index (χ4n) is 5.67. The van der Waals surface area contributed by atoms with Crippen molar-refractivity contribution in [1.82, 2.24) is 10.2 Å². The van der Waals surface area contributed by atoms with E-state index in [1.165, 1.54) is 22.9 Å². The second-order valence-corrected chi connectivity index (χ2v) is 13.1. The van der Waals surface area contributed by atoms with Crippen molar-refractivity contribution in [2.24, 2.45) is 0 Å². The molecule has 0 saturated heterocycles. The standard InChI is InChI=1S/C34H43N3O4S/c1-5-31(34(39)35-29-18-8-6-9-19-29)36(23-28-17-13-12-15-26(28)3)33(38)24-37(32-22-14-16-25(2)27(32)4)42(40,41)30-20-10-7-11-21-30/h7,10-17,20-22,29,31H,5-6,8-9,18-19,23-24H2,1-4H3,(H,35,39)/t31-/m0/s1. The molecule has 8 heteroatoms. The minimum absolute atomic E-state index is 0.0978. The van der Waals surface area contributed by atoms with Gasteiger partial charge in [-0.3, -0.25) is 13.9 Å². The van der Waals surface area contributed by atoms with E-state index in [0.29, 0.717) is 12.1 Å². The lowest BCUT2D eigenvalue weighted by Crippen LogP contribution is -2.54. The summed E-state index contributed by atoms with van der Waals surface area (Å²) in [6, 6.07) is 20.8. The van der Waals surface area contributed by atoms with Gasteiger partial charge in [0.05, 0.1) is 10.6 Å². The van der Waals surface area contributed by atoms with Gasteiger partial charge in [0.15, 0.2) is 0 Å². The van der Waals surface area contributed by atoms with Crippen molar-refractivity contribution in [3.8, 4) is 0 Å². The molecule has 224 valence electrons. The Morgan fingerprint density at radius 3 is 2.17 bits per heavy atom. The van der Waals surface area contributed by atoms with E-state index in [4.69, 9.17) is 0 Å². The average Bonchev–Trinajstić information content (AvgIpc) is 2.99. The predicted molar refractivity (Wildman–Crippen MR) is 168 cm³/mol. The number of hydrogen-bond acceptors (Lipinski definition) is 4. The Labute approximate surface area is 251 Å². The van der Waals surface area contributed by atoms with Gasteiger partial charge in [0, 0.05) is 12.6 Å². The highest BCUT2D eigenvalue weighted by Gasteiger charge is 2.35. The van der Waals surface area contributed by atoms with Crippen LogP contribution in [0.4, 0.5) is 5.69 Å². The number of sulfonamides is 1. The summed E-state index contributed by atoms with van der Waals surface area (Å²) in [7, 11) is -4.09. The van der Waals surface area contributed by atoms with Crippen LogP contribution in [0.2, 0.25) is 0 Å². The molecular formula is C34H43N3O4S. The minimum Gasteiger partial charge on any atom is -0.352 e. The first kappa shape index (κ1) is 31.3. The van der Waals surface area contributed by atoms with Gasteiger partial charge in [-0.2, -0.15) is 0 Å². The van der Waals surface area contributed by atoms with Crippen molar-refractivity contribution in [3.63, 3.8) is 0 Å². The van der Waals surface area contributed by atoms with Crippen LogP contribution in [0.3, 0.4) is 0 Å². The number of carbonyl (C=O) groups excluding carboxylic acids is 2. The van der Waals surface area contributed by atoms with E-state index in [-0.39, 0.29) is 23.4 Å². The summed E-state index contributed by atoms with van der Waals surface area (Å²) in [5, 5.41) is 3.20. The number of aryl methyl sites for hydroxylation is 2. The van der Waals surface area contributed by atoms with E-state index in [1.807, 2.05) is 58.0 Å². The lowest BCUT2D eigenvalue weighted by Gasteiger charge is -2.35. The number of rotatable bonds is 11. The van der Waals surface area contributed by atoms with Gasteiger partial charge in [0.1, 0.15) is 12.6 Å². The molecular weight excluding hydrogens is 546 g/mol. The Morgan fingerprint density at radius 2 is 1.50 bits per heavy atom. The molecule has 0 aliphatic heterocycles. The Morgan fingerprint density at radius 1 is 0.857 bits per heavy atom. The Kier molecular flexibility index (Phi) is 10.4. The number of amides is 2. The molecule has 1 fully saturated rings. The average molecular weight is 590 g/mol. The maximum absolute atomic E-state index is 14.4. The lowest BCUT2D eigenvalue weighted by atomic mass is 9.95. The first-order chi connectivity index (χ1) is 20.1. The van der Waals surface area contributed by atoms with Crippen LogP contribution in [0.5, 0.6) is 0 Å².